The number of hydrogen-bond donors (Lipinski definition) is 0. The molecule has 192 valence electrons. The quantitative estimate of drug-likeness (QED) is 0.345. The summed E-state index contributed by atoms with van der Waals surface area (Å²) in [5.74, 6) is 1.01. The Hall–Kier alpha value is -2.48. The summed E-state index contributed by atoms with van der Waals surface area (Å²) in [6, 6.07) is 4.56. The van der Waals surface area contributed by atoms with Crippen LogP contribution < -0.4 is 9.47 Å². The second-order valence-corrected chi connectivity index (χ2v) is 9.85. The van der Waals surface area contributed by atoms with E-state index in [1.54, 1.807) is 26.0 Å². The van der Waals surface area contributed by atoms with E-state index in [1.165, 1.54) is 0 Å². The first-order chi connectivity index (χ1) is 16.0. The van der Waals surface area contributed by atoms with Gasteiger partial charge in [-0.3, -0.25) is 4.90 Å². The minimum absolute atomic E-state index is 0.0247. The number of ether oxygens (including phenoxy) is 5. The summed E-state index contributed by atoms with van der Waals surface area (Å²) in [7, 11) is 3.24. The molecule has 0 aliphatic carbocycles. The van der Waals surface area contributed by atoms with Crippen molar-refractivity contribution in [2.45, 2.75) is 72.1 Å². The third kappa shape index (κ3) is 7.01. The zero-order chi connectivity index (χ0) is 25.5. The van der Waals surface area contributed by atoms with Crippen molar-refractivity contribution in [3.8, 4) is 11.5 Å². The van der Waals surface area contributed by atoms with Crippen molar-refractivity contribution in [1.82, 2.24) is 4.90 Å². The molecule has 1 heterocycles. The number of likely N-dealkylation sites (tertiary alicyclic amines) is 1. The average molecular weight is 480 g/mol. The maximum Gasteiger partial charge on any atom is 0.411 e. The Labute approximate surface area is 203 Å². The van der Waals surface area contributed by atoms with Crippen LogP contribution in [0.1, 0.15) is 66.0 Å². The van der Waals surface area contributed by atoms with Crippen molar-refractivity contribution in [3.63, 3.8) is 0 Å². The summed E-state index contributed by atoms with van der Waals surface area (Å²) in [6.07, 6.45) is 0.699. The zero-order valence-corrected chi connectivity index (χ0v) is 21.9. The standard InChI is InChI=1S/C26H41NO7/c1-9-32-24(28)20-16-19(17(2)3)23(27(20)25(29)34-26(4,5)6)18-11-12-21(31-8)22(15-18)33-14-10-13-30-7/h11-12,15,17,19-20,23H,9-10,13-14,16H2,1-8H3/t19-,20-,23-/m0/s1. The summed E-state index contributed by atoms with van der Waals surface area (Å²) in [5.41, 5.74) is 0.158. The van der Waals surface area contributed by atoms with Gasteiger partial charge in [-0.15, -0.1) is 0 Å². The second kappa shape index (κ2) is 12.3. The number of amides is 1. The smallest absolute Gasteiger partial charge is 0.411 e. The molecule has 0 radical (unpaired) electrons. The third-order valence-corrected chi connectivity index (χ3v) is 5.84. The lowest BCUT2D eigenvalue weighted by molar-refractivity contribution is -0.148. The van der Waals surface area contributed by atoms with Crippen LogP contribution in [0.25, 0.3) is 0 Å². The van der Waals surface area contributed by atoms with Crippen LogP contribution in [-0.4, -0.2) is 62.6 Å². The predicted molar refractivity (Wildman–Crippen MR) is 129 cm³/mol. The molecule has 0 N–H and O–H groups in total. The lowest BCUT2D eigenvalue weighted by atomic mass is 9.84. The molecule has 1 amide bonds. The highest BCUT2D eigenvalue weighted by atomic mass is 16.6. The van der Waals surface area contributed by atoms with Gasteiger partial charge in [0.25, 0.3) is 0 Å². The zero-order valence-electron chi connectivity index (χ0n) is 21.9. The summed E-state index contributed by atoms with van der Waals surface area (Å²) in [5, 5.41) is 0. The molecule has 8 heteroatoms. The minimum atomic E-state index is -0.722. The van der Waals surface area contributed by atoms with E-state index in [0.717, 1.165) is 12.0 Å². The van der Waals surface area contributed by atoms with E-state index in [0.29, 0.717) is 31.1 Å². The van der Waals surface area contributed by atoms with Gasteiger partial charge in [0.15, 0.2) is 11.5 Å². The molecular formula is C26H41NO7. The molecule has 8 nitrogen and oxygen atoms in total. The summed E-state index contributed by atoms with van der Waals surface area (Å²) >= 11 is 0. The molecule has 1 aliphatic rings. The molecule has 34 heavy (non-hydrogen) atoms. The van der Waals surface area contributed by atoms with Crippen LogP contribution in [-0.2, 0) is 19.0 Å². The van der Waals surface area contributed by atoms with Gasteiger partial charge in [0.1, 0.15) is 11.6 Å². The molecule has 1 aliphatic heterocycles. The normalized spacial score (nSPS) is 20.4. The number of rotatable bonds is 10. The fourth-order valence-corrected chi connectivity index (χ4v) is 4.32. The maximum absolute atomic E-state index is 13.4. The van der Waals surface area contributed by atoms with Gasteiger partial charge in [0, 0.05) is 20.1 Å². The van der Waals surface area contributed by atoms with Crippen molar-refractivity contribution >= 4 is 12.1 Å². The van der Waals surface area contributed by atoms with Gasteiger partial charge in [-0.2, -0.15) is 0 Å². The SMILES string of the molecule is CCOC(=O)[C@@H]1C[C@@H](C(C)C)[C@H](c2ccc(OC)c(OCCCOC)c2)N1C(=O)OC(C)(C)C. The van der Waals surface area contributed by atoms with E-state index in [9.17, 15) is 9.59 Å². The number of methoxy groups -OCH3 is 2. The molecule has 0 unspecified atom stereocenters. The average Bonchev–Trinajstić information content (AvgIpc) is 3.17. The van der Waals surface area contributed by atoms with Crippen LogP contribution >= 0.6 is 0 Å². The molecule has 1 fully saturated rings. The van der Waals surface area contributed by atoms with Gasteiger partial charge in [-0.05, 0) is 63.6 Å². The van der Waals surface area contributed by atoms with Crippen LogP contribution in [0, 0.1) is 11.8 Å². The van der Waals surface area contributed by atoms with E-state index in [2.05, 4.69) is 13.8 Å². The molecule has 0 bridgehead atoms. The van der Waals surface area contributed by atoms with Gasteiger partial charge in [-0.25, -0.2) is 9.59 Å². The molecular weight excluding hydrogens is 438 g/mol. The third-order valence-electron chi connectivity index (χ3n) is 5.84. The summed E-state index contributed by atoms with van der Waals surface area (Å²) in [4.78, 5) is 27.9. The Morgan fingerprint density at radius 2 is 1.82 bits per heavy atom. The first kappa shape index (κ1) is 27.8. The van der Waals surface area contributed by atoms with E-state index < -0.39 is 23.7 Å². The number of hydrogen-bond acceptors (Lipinski definition) is 7. The van der Waals surface area contributed by atoms with Crippen LogP contribution in [0.15, 0.2) is 18.2 Å². The maximum atomic E-state index is 13.4. The highest BCUT2D eigenvalue weighted by molar-refractivity contribution is 5.83. The molecule has 2 rings (SSSR count). The first-order valence-electron chi connectivity index (χ1n) is 12.0. The predicted octanol–water partition coefficient (Wildman–Crippen LogP) is 5.00. The highest BCUT2D eigenvalue weighted by Gasteiger charge is 2.50. The minimum Gasteiger partial charge on any atom is -0.493 e. The van der Waals surface area contributed by atoms with E-state index in [-0.39, 0.29) is 24.5 Å². The lowest BCUT2D eigenvalue weighted by Gasteiger charge is -2.34. The molecule has 1 aromatic rings. The molecule has 0 saturated carbocycles. The van der Waals surface area contributed by atoms with Crippen molar-refractivity contribution in [2.75, 3.05) is 34.0 Å². The topological polar surface area (TPSA) is 83.5 Å². The van der Waals surface area contributed by atoms with Gasteiger partial charge in [0.05, 0.1) is 26.4 Å². The van der Waals surface area contributed by atoms with Crippen LogP contribution in [0.4, 0.5) is 4.79 Å². The number of carbonyl (C=O) groups is 2. The van der Waals surface area contributed by atoms with Crippen molar-refractivity contribution in [1.29, 1.82) is 0 Å². The molecule has 3 atom stereocenters. The van der Waals surface area contributed by atoms with Gasteiger partial charge in [0.2, 0.25) is 0 Å². The van der Waals surface area contributed by atoms with Gasteiger partial charge in [-0.1, -0.05) is 19.9 Å². The molecule has 0 spiro atoms. The Morgan fingerprint density at radius 3 is 2.38 bits per heavy atom. The van der Waals surface area contributed by atoms with Crippen molar-refractivity contribution in [2.24, 2.45) is 11.8 Å². The Bertz CT molecular complexity index is 818. The number of benzene rings is 1. The monoisotopic (exact) mass is 479 g/mol. The number of nitrogens with zero attached hydrogens (tertiary/aromatic N) is 1. The van der Waals surface area contributed by atoms with Gasteiger partial charge < -0.3 is 23.7 Å². The Morgan fingerprint density at radius 1 is 1.12 bits per heavy atom. The molecule has 1 saturated heterocycles. The summed E-state index contributed by atoms with van der Waals surface area (Å²) < 4.78 is 27.7. The van der Waals surface area contributed by atoms with Crippen LogP contribution in [0.3, 0.4) is 0 Å². The molecule has 0 aromatic heterocycles. The van der Waals surface area contributed by atoms with E-state index >= 15 is 0 Å². The number of carbonyl (C=O) groups excluding carboxylic acids is 2. The van der Waals surface area contributed by atoms with Crippen molar-refractivity contribution in [3.05, 3.63) is 23.8 Å². The highest BCUT2D eigenvalue weighted by Crippen LogP contribution is 2.47. The van der Waals surface area contributed by atoms with Crippen LogP contribution in [0.5, 0.6) is 11.5 Å². The van der Waals surface area contributed by atoms with E-state index in [4.69, 9.17) is 23.7 Å². The largest absolute Gasteiger partial charge is 0.493 e. The Kier molecular flexibility index (Phi) is 10.0. The van der Waals surface area contributed by atoms with E-state index in [1.807, 2.05) is 39.0 Å². The number of esters is 1. The second-order valence-electron chi connectivity index (χ2n) is 9.85. The Balaban J connectivity index is 2.51. The van der Waals surface area contributed by atoms with Gasteiger partial charge >= 0.3 is 12.1 Å². The first-order valence-corrected chi connectivity index (χ1v) is 12.0. The summed E-state index contributed by atoms with van der Waals surface area (Å²) in [6.45, 7) is 12.7. The lowest BCUT2D eigenvalue weighted by Crippen LogP contribution is -2.45. The van der Waals surface area contributed by atoms with Crippen LogP contribution in [0.2, 0.25) is 0 Å². The fourth-order valence-electron chi connectivity index (χ4n) is 4.32. The molecule has 1 aromatic carbocycles. The fraction of sp³-hybridized carbons (Fsp3) is 0.692. The van der Waals surface area contributed by atoms with Crippen molar-refractivity contribution < 1.29 is 33.3 Å².